The monoisotopic (exact) mass is 554 g/mol. The molecule has 9 nitrogen and oxygen atoms in total. The van der Waals surface area contributed by atoms with Crippen LogP contribution in [0.1, 0.15) is 18.4 Å². The van der Waals surface area contributed by atoms with E-state index in [0.29, 0.717) is 29.9 Å². The van der Waals surface area contributed by atoms with E-state index in [0.717, 1.165) is 35.2 Å². The zero-order chi connectivity index (χ0) is 26.2. The summed E-state index contributed by atoms with van der Waals surface area (Å²) in [6.45, 7) is 0.478. The minimum Gasteiger partial charge on any atom is -0.480 e. The van der Waals surface area contributed by atoms with Crippen molar-refractivity contribution < 1.29 is 23.1 Å². The molecule has 2 fully saturated rings. The second kappa shape index (κ2) is 10.2. The van der Waals surface area contributed by atoms with Crippen LogP contribution < -0.4 is 0 Å². The van der Waals surface area contributed by atoms with Gasteiger partial charge in [0.05, 0.1) is 15.5 Å². The lowest BCUT2D eigenvalue weighted by atomic mass is 10.1. The number of para-hydroxylation sites is 1. The predicted octanol–water partition coefficient (Wildman–Crippen LogP) is 3.61. The molecule has 3 aromatic rings. The third-order valence-electron chi connectivity index (χ3n) is 6.03. The third-order valence-corrected chi connectivity index (χ3v) is 9.30. The van der Waals surface area contributed by atoms with Gasteiger partial charge in [-0.25, -0.2) is 13.1 Å². The summed E-state index contributed by atoms with van der Waals surface area (Å²) in [6, 6.07) is 16.0. The van der Waals surface area contributed by atoms with E-state index < -0.39 is 28.4 Å². The first-order valence-corrected chi connectivity index (χ1v) is 14.1. The molecule has 0 radical (unpaired) electrons. The average Bonchev–Trinajstić information content (AvgIpc) is 3.63. The summed E-state index contributed by atoms with van der Waals surface area (Å²) in [5.41, 5.74) is 2.39. The van der Waals surface area contributed by atoms with Gasteiger partial charge in [-0.15, -0.1) is 0 Å². The minimum atomic E-state index is -3.64. The van der Waals surface area contributed by atoms with E-state index in [2.05, 4.69) is 0 Å². The Kier molecular flexibility index (Phi) is 6.99. The maximum absolute atomic E-state index is 13.2. The molecular weight excluding hydrogens is 532 g/mol. The zero-order valence-corrected chi connectivity index (χ0v) is 21.9. The molecular formula is C25H22N4O5S3. The van der Waals surface area contributed by atoms with E-state index in [-0.39, 0.29) is 14.1 Å². The van der Waals surface area contributed by atoms with E-state index in [1.807, 2.05) is 30.3 Å². The van der Waals surface area contributed by atoms with Gasteiger partial charge < -0.3 is 5.11 Å². The molecule has 3 heterocycles. The van der Waals surface area contributed by atoms with Crippen LogP contribution in [0.3, 0.4) is 0 Å². The van der Waals surface area contributed by atoms with E-state index >= 15 is 0 Å². The number of hydrogen-bond acceptors (Lipinski definition) is 7. The van der Waals surface area contributed by atoms with Gasteiger partial charge in [0.1, 0.15) is 16.6 Å². The number of thioether (sulfide) groups is 1. The Bertz CT molecular complexity index is 1530. The van der Waals surface area contributed by atoms with Crippen LogP contribution in [0.5, 0.6) is 0 Å². The molecule has 0 spiro atoms. The van der Waals surface area contributed by atoms with Gasteiger partial charge in [0.2, 0.25) is 10.0 Å². The van der Waals surface area contributed by atoms with Crippen molar-refractivity contribution in [1.29, 1.82) is 0 Å². The van der Waals surface area contributed by atoms with E-state index in [1.54, 1.807) is 41.2 Å². The predicted molar refractivity (Wildman–Crippen MR) is 145 cm³/mol. The molecule has 0 bridgehead atoms. The number of carboxylic acid groups (broad SMARTS) is 1. The van der Waals surface area contributed by atoms with Crippen LogP contribution in [0.2, 0.25) is 0 Å². The highest BCUT2D eigenvalue weighted by molar-refractivity contribution is 8.26. The fourth-order valence-corrected chi connectivity index (χ4v) is 7.03. The van der Waals surface area contributed by atoms with Crippen molar-refractivity contribution in [3.8, 4) is 16.9 Å². The number of carbonyl (C=O) groups excluding carboxylic acids is 1. The minimum absolute atomic E-state index is 0.161. The van der Waals surface area contributed by atoms with Crippen LogP contribution in [0.15, 0.2) is 70.6 Å². The molecule has 1 aromatic heterocycles. The van der Waals surface area contributed by atoms with Gasteiger partial charge in [0.25, 0.3) is 5.91 Å². The first-order chi connectivity index (χ1) is 17.7. The highest BCUT2D eigenvalue weighted by atomic mass is 32.2. The molecule has 190 valence electrons. The Morgan fingerprint density at radius 1 is 1.11 bits per heavy atom. The molecule has 1 amide bonds. The van der Waals surface area contributed by atoms with Crippen LogP contribution in [0, 0.1) is 0 Å². The van der Waals surface area contributed by atoms with Crippen molar-refractivity contribution in [3.05, 3.63) is 71.3 Å². The highest BCUT2D eigenvalue weighted by Crippen LogP contribution is 2.35. The zero-order valence-electron chi connectivity index (χ0n) is 19.5. The summed E-state index contributed by atoms with van der Waals surface area (Å²) in [7, 11) is -3.64. The third kappa shape index (κ3) is 5.10. The summed E-state index contributed by atoms with van der Waals surface area (Å²) < 4.78 is 29.7. The Morgan fingerprint density at radius 3 is 2.54 bits per heavy atom. The first-order valence-electron chi connectivity index (χ1n) is 11.5. The fourth-order valence-electron chi connectivity index (χ4n) is 4.22. The van der Waals surface area contributed by atoms with Gasteiger partial charge in [-0.3, -0.25) is 14.5 Å². The lowest BCUT2D eigenvalue weighted by Crippen LogP contribution is -2.33. The van der Waals surface area contributed by atoms with E-state index in [1.165, 1.54) is 4.31 Å². The second-order valence-electron chi connectivity index (χ2n) is 8.51. The van der Waals surface area contributed by atoms with Crippen molar-refractivity contribution in [3.63, 3.8) is 0 Å². The number of benzene rings is 2. The molecule has 2 aromatic carbocycles. The van der Waals surface area contributed by atoms with Crippen LogP contribution in [-0.4, -0.2) is 68.3 Å². The Balaban J connectivity index is 1.59. The quantitative estimate of drug-likeness (QED) is 0.348. The van der Waals surface area contributed by atoms with Crippen molar-refractivity contribution >= 4 is 56.3 Å². The topological polar surface area (TPSA) is 113 Å². The lowest BCUT2D eigenvalue weighted by molar-refractivity contribution is -0.140. The number of rotatable bonds is 7. The van der Waals surface area contributed by atoms with Gasteiger partial charge in [-0.2, -0.15) is 9.40 Å². The highest BCUT2D eigenvalue weighted by Gasteiger charge is 2.34. The number of thiocarbonyl (C=S) groups is 1. The number of sulfonamides is 1. The Morgan fingerprint density at radius 2 is 1.84 bits per heavy atom. The van der Waals surface area contributed by atoms with Crippen molar-refractivity contribution in [2.45, 2.75) is 17.7 Å². The number of aliphatic carboxylic acids is 1. The standard InChI is InChI=1S/C25H22N4O5S3/c30-22(31)16-28-24(32)21(36-25(28)35)14-18-15-29(19-8-2-1-3-9-19)26-23(18)17-7-6-10-20(13-17)37(33,34)27-11-4-5-12-27/h1-3,6-10,13-15H,4-5,11-12,16H2,(H,30,31). The molecule has 0 unspecified atom stereocenters. The number of nitrogens with zero attached hydrogens (tertiary/aromatic N) is 4. The molecule has 37 heavy (non-hydrogen) atoms. The lowest BCUT2D eigenvalue weighted by Gasteiger charge is -2.16. The molecule has 2 saturated heterocycles. The average molecular weight is 555 g/mol. The Labute approximate surface area is 223 Å². The van der Waals surface area contributed by atoms with Crippen LogP contribution in [-0.2, 0) is 19.6 Å². The van der Waals surface area contributed by atoms with Crippen molar-refractivity contribution in [2.75, 3.05) is 19.6 Å². The van der Waals surface area contributed by atoms with Crippen molar-refractivity contribution in [2.24, 2.45) is 0 Å². The summed E-state index contributed by atoms with van der Waals surface area (Å²) in [5.74, 6) is -1.66. The largest absolute Gasteiger partial charge is 0.480 e. The molecule has 2 aliphatic heterocycles. The second-order valence-corrected chi connectivity index (χ2v) is 12.1. The molecule has 0 atom stereocenters. The van der Waals surface area contributed by atoms with Crippen LogP contribution in [0.4, 0.5) is 0 Å². The first kappa shape index (κ1) is 25.3. The van der Waals surface area contributed by atoms with Crippen molar-refractivity contribution in [1.82, 2.24) is 19.0 Å². The van der Waals surface area contributed by atoms with Gasteiger partial charge in [-0.05, 0) is 43.2 Å². The summed E-state index contributed by atoms with van der Waals surface area (Å²) in [4.78, 5) is 25.5. The number of amides is 1. The normalized spacial score (nSPS) is 17.7. The summed E-state index contributed by atoms with van der Waals surface area (Å²) in [5, 5.41) is 13.9. The molecule has 12 heteroatoms. The molecule has 2 aliphatic rings. The molecule has 0 aliphatic carbocycles. The fraction of sp³-hybridized carbons (Fsp3) is 0.200. The van der Waals surface area contributed by atoms with Gasteiger partial charge in [-0.1, -0.05) is 54.3 Å². The van der Waals surface area contributed by atoms with E-state index in [4.69, 9.17) is 22.4 Å². The Hall–Kier alpha value is -3.32. The van der Waals surface area contributed by atoms with Gasteiger partial charge in [0, 0.05) is 30.4 Å². The maximum atomic E-state index is 13.2. The number of hydrogen-bond donors (Lipinski definition) is 1. The van der Waals surface area contributed by atoms with Crippen LogP contribution in [0.25, 0.3) is 23.0 Å². The number of carbonyl (C=O) groups is 2. The van der Waals surface area contributed by atoms with Gasteiger partial charge in [0.15, 0.2) is 0 Å². The number of carboxylic acids is 1. The molecule has 1 N–H and O–H groups in total. The van der Waals surface area contributed by atoms with E-state index in [9.17, 15) is 18.0 Å². The maximum Gasteiger partial charge on any atom is 0.323 e. The molecule has 0 saturated carbocycles. The number of aromatic nitrogens is 2. The smallest absolute Gasteiger partial charge is 0.323 e. The summed E-state index contributed by atoms with van der Waals surface area (Å²) in [6.07, 6.45) is 5.04. The van der Waals surface area contributed by atoms with Gasteiger partial charge >= 0.3 is 5.97 Å². The summed E-state index contributed by atoms with van der Waals surface area (Å²) >= 11 is 6.24. The SMILES string of the molecule is O=C(O)CN1C(=O)C(=Cc2cn(-c3ccccc3)nc2-c2cccc(S(=O)(=O)N3CCCC3)c2)SC1=S. The molecule has 5 rings (SSSR count). The van der Waals surface area contributed by atoms with Crippen LogP contribution >= 0.6 is 24.0 Å².